The van der Waals surface area contributed by atoms with Crippen LogP contribution in [-0.2, 0) is 11.3 Å². The van der Waals surface area contributed by atoms with E-state index in [0.29, 0.717) is 12.6 Å². The Balaban J connectivity index is 1.89. The van der Waals surface area contributed by atoms with Gasteiger partial charge in [0.25, 0.3) is 0 Å². The largest absolute Gasteiger partial charge is 0.352 e. The summed E-state index contributed by atoms with van der Waals surface area (Å²) in [5, 5.41) is 2.98. The summed E-state index contributed by atoms with van der Waals surface area (Å²) in [6.45, 7) is 2.44. The van der Waals surface area contributed by atoms with Gasteiger partial charge < -0.3 is 5.32 Å². The van der Waals surface area contributed by atoms with Gasteiger partial charge in [-0.05, 0) is 44.5 Å². The molecule has 1 atom stereocenters. The molecule has 1 aliphatic rings. The smallest absolute Gasteiger partial charge is 0.237 e. The zero-order valence-electron chi connectivity index (χ0n) is 10.8. The Labute approximate surface area is 107 Å². The molecule has 4 heteroatoms. The number of rotatable bonds is 5. The molecule has 1 N–H and O–H groups in total. The third-order valence-electron chi connectivity index (χ3n) is 3.29. The number of hydrogen-bond acceptors (Lipinski definition) is 2. The fourth-order valence-corrected chi connectivity index (χ4v) is 1.81. The first-order valence-corrected chi connectivity index (χ1v) is 6.31. The first kappa shape index (κ1) is 13.0. The van der Waals surface area contributed by atoms with E-state index < -0.39 is 0 Å². The van der Waals surface area contributed by atoms with Gasteiger partial charge in [-0.2, -0.15) is 0 Å². The summed E-state index contributed by atoms with van der Waals surface area (Å²) in [6, 6.07) is 6.66. The molecule has 0 aliphatic heterocycles. The second kappa shape index (κ2) is 5.48. The number of carbonyl (C=O) groups is 1. The van der Waals surface area contributed by atoms with Crippen LogP contribution >= 0.6 is 0 Å². The van der Waals surface area contributed by atoms with Crippen molar-refractivity contribution in [1.29, 1.82) is 0 Å². The molecule has 2 rings (SSSR count). The molecule has 0 heterocycles. The van der Waals surface area contributed by atoms with E-state index in [1.54, 1.807) is 6.07 Å². The van der Waals surface area contributed by atoms with Gasteiger partial charge in [-0.15, -0.1) is 0 Å². The number of nitrogens with zero attached hydrogens (tertiary/aromatic N) is 1. The maximum atomic E-state index is 13.1. The van der Waals surface area contributed by atoms with Gasteiger partial charge in [-0.3, -0.25) is 9.69 Å². The Bertz CT molecular complexity index is 432. The van der Waals surface area contributed by atoms with Gasteiger partial charge in [-0.25, -0.2) is 4.39 Å². The van der Waals surface area contributed by atoms with Crippen LogP contribution in [0.15, 0.2) is 24.3 Å². The SMILES string of the molecule is CC(C(=O)NC1CC1)N(C)Cc1cccc(F)c1. The molecule has 0 saturated heterocycles. The molecule has 1 fully saturated rings. The zero-order valence-corrected chi connectivity index (χ0v) is 10.8. The quantitative estimate of drug-likeness (QED) is 0.866. The lowest BCUT2D eigenvalue weighted by atomic mass is 10.2. The first-order chi connectivity index (χ1) is 8.56. The van der Waals surface area contributed by atoms with E-state index in [2.05, 4.69) is 5.32 Å². The lowest BCUT2D eigenvalue weighted by molar-refractivity contribution is -0.125. The standard InChI is InChI=1S/C14H19FN2O/c1-10(14(18)16-13-6-7-13)17(2)9-11-4-3-5-12(15)8-11/h3-5,8,10,13H,6-7,9H2,1-2H3,(H,16,18). The lowest BCUT2D eigenvalue weighted by Crippen LogP contribution is -2.43. The van der Waals surface area contributed by atoms with Crippen molar-refractivity contribution < 1.29 is 9.18 Å². The summed E-state index contributed by atoms with van der Waals surface area (Å²) in [6.07, 6.45) is 2.18. The van der Waals surface area contributed by atoms with Crippen molar-refractivity contribution in [3.8, 4) is 0 Å². The average molecular weight is 250 g/mol. The summed E-state index contributed by atoms with van der Waals surface area (Å²) >= 11 is 0. The van der Waals surface area contributed by atoms with Gasteiger partial charge in [0.15, 0.2) is 0 Å². The highest BCUT2D eigenvalue weighted by Crippen LogP contribution is 2.19. The van der Waals surface area contributed by atoms with Gasteiger partial charge >= 0.3 is 0 Å². The minimum Gasteiger partial charge on any atom is -0.352 e. The van der Waals surface area contributed by atoms with E-state index in [-0.39, 0.29) is 17.8 Å². The van der Waals surface area contributed by atoms with Gasteiger partial charge in [0.2, 0.25) is 5.91 Å². The Hall–Kier alpha value is -1.42. The Morgan fingerprint density at radius 2 is 2.28 bits per heavy atom. The number of benzene rings is 1. The molecule has 0 spiro atoms. The summed E-state index contributed by atoms with van der Waals surface area (Å²) in [7, 11) is 1.88. The van der Waals surface area contributed by atoms with Crippen molar-refractivity contribution in [2.75, 3.05) is 7.05 Å². The van der Waals surface area contributed by atoms with Crippen LogP contribution in [0.5, 0.6) is 0 Å². The zero-order chi connectivity index (χ0) is 13.1. The molecule has 3 nitrogen and oxygen atoms in total. The number of nitrogens with one attached hydrogen (secondary N) is 1. The molecule has 0 bridgehead atoms. The van der Waals surface area contributed by atoms with Crippen LogP contribution in [0.25, 0.3) is 0 Å². The molecule has 18 heavy (non-hydrogen) atoms. The predicted octanol–water partition coefficient (Wildman–Crippen LogP) is 1.92. The summed E-state index contributed by atoms with van der Waals surface area (Å²) in [5.41, 5.74) is 0.878. The molecular formula is C14H19FN2O. The van der Waals surface area contributed by atoms with Crippen LogP contribution in [0.3, 0.4) is 0 Å². The van der Waals surface area contributed by atoms with Crippen molar-refractivity contribution in [3.63, 3.8) is 0 Å². The normalized spacial score (nSPS) is 16.7. The van der Waals surface area contributed by atoms with Crippen LogP contribution in [0.4, 0.5) is 4.39 Å². The highest BCUT2D eigenvalue weighted by Gasteiger charge is 2.27. The van der Waals surface area contributed by atoms with E-state index >= 15 is 0 Å². The number of amides is 1. The van der Waals surface area contributed by atoms with Crippen LogP contribution in [0, 0.1) is 5.82 Å². The number of halogens is 1. The minimum absolute atomic E-state index is 0.0522. The Morgan fingerprint density at radius 1 is 1.56 bits per heavy atom. The highest BCUT2D eigenvalue weighted by molar-refractivity contribution is 5.81. The van der Waals surface area contributed by atoms with Crippen molar-refractivity contribution in [3.05, 3.63) is 35.6 Å². The van der Waals surface area contributed by atoms with E-state index in [1.165, 1.54) is 12.1 Å². The molecule has 0 aromatic heterocycles. The van der Waals surface area contributed by atoms with Gasteiger partial charge in [0.05, 0.1) is 6.04 Å². The molecule has 0 radical (unpaired) electrons. The molecule has 1 aliphatic carbocycles. The number of likely N-dealkylation sites (N-methyl/N-ethyl adjacent to an activating group) is 1. The molecule has 1 aromatic rings. The van der Waals surface area contributed by atoms with Crippen LogP contribution < -0.4 is 5.32 Å². The lowest BCUT2D eigenvalue weighted by Gasteiger charge is -2.23. The Kier molecular flexibility index (Phi) is 3.97. The maximum Gasteiger partial charge on any atom is 0.237 e. The van der Waals surface area contributed by atoms with Crippen LogP contribution in [-0.4, -0.2) is 29.9 Å². The Morgan fingerprint density at radius 3 is 2.89 bits per heavy atom. The molecular weight excluding hydrogens is 231 g/mol. The average Bonchev–Trinajstić information content (AvgIpc) is 3.11. The highest BCUT2D eigenvalue weighted by atomic mass is 19.1. The fraction of sp³-hybridized carbons (Fsp3) is 0.500. The van der Waals surface area contributed by atoms with Gasteiger partial charge in [0, 0.05) is 12.6 Å². The maximum absolute atomic E-state index is 13.1. The number of carbonyl (C=O) groups excluding carboxylic acids is 1. The van der Waals surface area contributed by atoms with E-state index in [0.717, 1.165) is 18.4 Å². The van der Waals surface area contributed by atoms with Gasteiger partial charge in [-0.1, -0.05) is 12.1 Å². The molecule has 1 amide bonds. The van der Waals surface area contributed by atoms with Crippen LogP contribution in [0.1, 0.15) is 25.3 Å². The topological polar surface area (TPSA) is 32.3 Å². The van der Waals surface area contributed by atoms with E-state index in [9.17, 15) is 9.18 Å². The second-order valence-corrected chi connectivity index (χ2v) is 5.00. The third-order valence-corrected chi connectivity index (χ3v) is 3.29. The number of hydrogen-bond donors (Lipinski definition) is 1. The molecule has 1 unspecified atom stereocenters. The van der Waals surface area contributed by atoms with Gasteiger partial charge in [0.1, 0.15) is 5.82 Å². The molecule has 1 aromatic carbocycles. The fourth-order valence-electron chi connectivity index (χ4n) is 1.81. The molecule has 1 saturated carbocycles. The first-order valence-electron chi connectivity index (χ1n) is 6.31. The second-order valence-electron chi connectivity index (χ2n) is 5.00. The third kappa shape index (κ3) is 3.53. The summed E-state index contributed by atoms with van der Waals surface area (Å²) in [4.78, 5) is 13.8. The van der Waals surface area contributed by atoms with E-state index in [4.69, 9.17) is 0 Å². The summed E-state index contributed by atoms with van der Waals surface area (Å²) in [5.74, 6) is -0.188. The van der Waals surface area contributed by atoms with Crippen molar-refractivity contribution in [2.24, 2.45) is 0 Å². The molecule has 98 valence electrons. The summed E-state index contributed by atoms with van der Waals surface area (Å²) < 4.78 is 13.1. The monoisotopic (exact) mass is 250 g/mol. The van der Waals surface area contributed by atoms with Crippen molar-refractivity contribution >= 4 is 5.91 Å². The predicted molar refractivity (Wildman–Crippen MR) is 68.5 cm³/mol. The van der Waals surface area contributed by atoms with Crippen molar-refractivity contribution in [2.45, 2.75) is 38.4 Å². The van der Waals surface area contributed by atoms with Crippen molar-refractivity contribution in [1.82, 2.24) is 10.2 Å². The van der Waals surface area contributed by atoms with E-state index in [1.807, 2.05) is 24.9 Å². The van der Waals surface area contributed by atoms with Crippen LogP contribution in [0.2, 0.25) is 0 Å². The minimum atomic E-state index is -0.240.